The highest BCUT2D eigenvalue weighted by Gasteiger charge is 2.22. The largest absolute Gasteiger partial charge is 0.366 e. The van der Waals surface area contributed by atoms with Crippen LogP contribution in [0.25, 0.3) is 0 Å². The van der Waals surface area contributed by atoms with Crippen LogP contribution in [-0.4, -0.2) is 18.0 Å². The Bertz CT molecular complexity index is 398. The average Bonchev–Trinajstić information content (AvgIpc) is 2.29. The van der Waals surface area contributed by atoms with E-state index < -0.39 is 0 Å². The number of benzene rings is 1. The predicted octanol–water partition coefficient (Wildman–Crippen LogP) is 2.89. The molecule has 0 N–H and O–H groups in total. The highest BCUT2D eigenvalue weighted by molar-refractivity contribution is 5.66. The van der Waals surface area contributed by atoms with Crippen LogP contribution in [0.2, 0.25) is 0 Å². The van der Waals surface area contributed by atoms with Crippen molar-refractivity contribution in [2.24, 2.45) is 0 Å². The minimum Gasteiger partial charge on any atom is -0.366 e. The Morgan fingerprint density at radius 2 is 1.94 bits per heavy atom. The van der Waals surface area contributed by atoms with Crippen molar-refractivity contribution in [3.05, 3.63) is 33.9 Å². The lowest BCUT2D eigenvalue weighted by atomic mass is 10.1. The molecule has 0 radical (unpaired) electrons. The molecule has 1 aromatic carbocycles. The molecular weight excluding hydrogens is 204 g/mol. The number of hydrogen-bond acceptors (Lipinski definition) is 3. The Morgan fingerprint density at radius 1 is 1.25 bits per heavy atom. The molecule has 0 atom stereocenters. The van der Waals surface area contributed by atoms with Gasteiger partial charge in [-0.05, 0) is 32.3 Å². The lowest BCUT2D eigenvalue weighted by Crippen LogP contribution is -2.30. The van der Waals surface area contributed by atoms with Crippen LogP contribution in [0.5, 0.6) is 0 Å². The van der Waals surface area contributed by atoms with Crippen molar-refractivity contribution in [3.63, 3.8) is 0 Å². The molecule has 1 aromatic rings. The predicted molar refractivity (Wildman–Crippen MR) is 63.9 cm³/mol. The first-order chi connectivity index (χ1) is 7.70. The maximum Gasteiger partial charge on any atom is 0.295 e. The normalized spacial score (nSPS) is 16.2. The number of para-hydroxylation sites is 1. The molecule has 0 unspecified atom stereocenters. The molecule has 1 fully saturated rings. The van der Waals surface area contributed by atoms with E-state index in [1.54, 1.807) is 13.0 Å². The van der Waals surface area contributed by atoms with E-state index >= 15 is 0 Å². The number of nitro groups is 1. The van der Waals surface area contributed by atoms with Crippen molar-refractivity contribution in [1.82, 2.24) is 0 Å². The molecule has 0 saturated carbocycles. The number of nitro benzene ring substituents is 1. The van der Waals surface area contributed by atoms with E-state index in [4.69, 9.17) is 0 Å². The summed E-state index contributed by atoms with van der Waals surface area (Å²) in [7, 11) is 0. The highest BCUT2D eigenvalue weighted by atomic mass is 16.6. The first kappa shape index (κ1) is 10.9. The van der Waals surface area contributed by atoms with Crippen LogP contribution in [0.15, 0.2) is 18.2 Å². The van der Waals surface area contributed by atoms with Crippen molar-refractivity contribution in [2.45, 2.75) is 26.2 Å². The minimum atomic E-state index is -0.265. The van der Waals surface area contributed by atoms with Gasteiger partial charge in [-0.15, -0.1) is 0 Å². The summed E-state index contributed by atoms with van der Waals surface area (Å²) >= 11 is 0. The summed E-state index contributed by atoms with van der Waals surface area (Å²) in [4.78, 5) is 12.9. The van der Waals surface area contributed by atoms with Gasteiger partial charge < -0.3 is 4.90 Å². The van der Waals surface area contributed by atoms with Crippen molar-refractivity contribution in [3.8, 4) is 0 Å². The van der Waals surface area contributed by atoms with Gasteiger partial charge in [-0.2, -0.15) is 0 Å². The molecule has 0 aromatic heterocycles. The summed E-state index contributed by atoms with van der Waals surface area (Å²) in [5.74, 6) is 0. The number of hydrogen-bond donors (Lipinski definition) is 0. The molecule has 2 rings (SSSR count). The lowest BCUT2D eigenvalue weighted by Gasteiger charge is -2.28. The van der Waals surface area contributed by atoms with Gasteiger partial charge in [-0.3, -0.25) is 10.1 Å². The third-order valence-electron chi connectivity index (χ3n) is 3.10. The van der Waals surface area contributed by atoms with Crippen LogP contribution in [-0.2, 0) is 0 Å². The highest BCUT2D eigenvalue weighted by Crippen LogP contribution is 2.32. The molecule has 86 valence electrons. The van der Waals surface area contributed by atoms with Gasteiger partial charge in [0, 0.05) is 18.7 Å². The standard InChI is InChI=1S/C12H16N2O2/c1-10-6-5-7-11(12(10)14(15)16)13-8-3-2-4-9-13/h5-7H,2-4,8-9H2,1H3. The Labute approximate surface area is 95.0 Å². The van der Waals surface area contributed by atoms with E-state index in [0.29, 0.717) is 0 Å². The average molecular weight is 220 g/mol. The van der Waals surface area contributed by atoms with Crippen LogP contribution in [0.3, 0.4) is 0 Å². The molecule has 1 heterocycles. The van der Waals surface area contributed by atoms with Crippen LogP contribution < -0.4 is 4.90 Å². The smallest absolute Gasteiger partial charge is 0.295 e. The summed E-state index contributed by atoms with van der Waals surface area (Å²) in [5.41, 5.74) is 1.79. The molecule has 4 heteroatoms. The second kappa shape index (κ2) is 4.51. The number of piperidine rings is 1. The zero-order valence-corrected chi connectivity index (χ0v) is 9.48. The van der Waals surface area contributed by atoms with Gasteiger partial charge >= 0.3 is 0 Å². The number of rotatable bonds is 2. The summed E-state index contributed by atoms with van der Waals surface area (Å²) in [6.45, 7) is 3.67. The van der Waals surface area contributed by atoms with Gasteiger partial charge in [0.25, 0.3) is 5.69 Å². The van der Waals surface area contributed by atoms with Gasteiger partial charge in [-0.25, -0.2) is 0 Å². The Hall–Kier alpha value is -1.58. The first-order valence-electron chi connectivity index (χ1n) is 5.69. The maximum absolute atomic E-state index is 11.1. The second-order valence-corrected chi connectivity index (χ2v) is 4.25. The SMILES string of the molecule is Cc1cccc(N2CCCCC2)c1[N+](=O)[O-]. The minimum absolute atomic E-state index is 0.265. The van der Waals surface area contributed by atoms with Crippen molar-refractivity contribution < 1.29 is 4.92 Å². The van der Waals surface area contributed by atoms with Gasteiger partial charge in [0.05, 0.1) is 4.92 Å². The Balaban J connectivity index is 2.38. The van der Waals surface area contributed by atoms with Crippen molar-refractivity contribution in [1.29, 1.82) is 0 Å². The fourth-order valence-corrected chi connectivity index (χ4v) is 2.27. The zero-order valence-electron chi connectivity index (χ0n) is 9.48. The van der Waals surface area contributed by atoms with Crippen LogP contribution in [0.1, 0.15) is 24.8 Å². The van der Waals surface area contributed by atoms with Gasteiger partial charge in [0.2, 0.25) is 0 Å². The van der Waals surface area contributed by atoms with E-state index in [0.717, 1.165) is 37.2 Å². The molecule has 16 heavy (non-hydrogen) atoms. The molecule has 0 spiro atoms. The fourth-order valence-electron chi connectivity index (χ4n) is 2.27. The third-order valence-corrected chi connectivity index (χ3v) is 3.10. The van der Waals surface area contributed by atoms with Crippen molar-refractivity contribution >= 4 is 11.4 Å². The molecule has 1 aliphatic rings. The summed E-state index contributed by atoms with van der Waals surface area (Å²) in [6, 6.07) is 5.55. The molecule has 4 nitrogen and oxygen atoms in total. The molecule has 0 aliphatic carbocycles. The molecule has 0 amide bonds. The van der Waals surface area contributed by atoms with E-state index in [9.17, 15) is 10.1 Å². The van der Waals surface area contributed by atoms with E-state index in [1.165, 1.54) is 6.42 Å². The Kier molecular flexibility index (Phi) is 3.08. The number of anilines is 1. The monoisotopic (exact) mass is 220 g/mol. The Morgan fingerprint density at radius 3 is 2.56 bits per heavy atom. The van der Waals surface area contributed by atoms with Gasteiger partial charge in [0.1, 0.15) is 5.69 Å². The molecular formula is C12H16N2O2. The van der Waals surface area contributed by atoms with Crippen LogP contribution in [0, 0.1) is 17.0 Å². The number of aryl methyl sites for hydroxylation is 1. The number of nitrogens with zero attached hydrogens (tertiary/aromatic N) is 2. The first-order valence-corrected chi connectivity index (χ1v) is 5.69. The second-order valence-electron chi connectivity index (χ2n) is 4.25. The van der Waals surface area contributed by atoms with Crippen LogP contribution >= 0.6 is 0 Å². The molecule has 0 bridgehead atoms. The van der Waals surface area contributed by atoms with Crippen LogP contribution in [0.4, 0.5) is 11.4 Å². The quantitative estimate of drug-likeness (QED) is 0.568. The maximum atomic E-state index is 11.1. The molecule has 1 aliphatic heterocycles. The van der Waals surface area contributed by atoms with Gasteiger partial charge in [0.15, 0.2) is 0 Å². The topological polar surface area (TPSA) is 46.4 Å². The van der Waals surface area contributed by atoms with Gasteiger partial charge in [-0.1, -0.05) is 12.1 Å². The zero-order chi connectivity index (χ0) is 11.5. The fraction of sp³-hybridized carbons (Fsp3) is 0.500. The lowest BCUT2D eigenvalue weighted by molar-refractivity contribution is -0.384. The summed E-state index contributed by atoms with van der Waals surface area (Å²) in [5, 5.41) is 11.1. The third kappa shape index (κ3) is 2.01. The van der Waals surface area contributed by atoms with Crippen molar-refractivity contribution in [2.75, 3.05) is 18.0 Å². The van der Waals surface area contributed by atoms with E-state index in [1.807, 2.05) is 12.1 Å². The summed E-state index contributed by atoms with van der Waals surface area (Å²) < 4.78 is 0. The molecule has 1 saturated heterocycles. The van der Waals surface area contributed by atoms with E-state index in [2.05, 4.69) is 4.90 Å². The summed E-state index contributed by atoms with van der Waals surface area (Å²) in [6.07, 6.45) is 3.49. The van der Waals surface area contributed by atoms with E-state index in [-0.39, 0.29) is 10.6 Å².